The van der Waals surface area contributed by atoms with E-state index in [0.717, 1.165) is 16.5 Å². The third kappa shape index (κ3) is 3.89. The number of para-hydroxylation sites is 1. The van der Waals surface area contributed by atoms with E-state index in [1.807, 2.05) is 31.2 Å². The van der Waals surface area contributed by atoms with Gasteiger partial charge in [0.1, 0.15) is 22.6 Å². The second-order valence-corrected chi connectivity index (χ2v) is 8.17. The summed E-state index contributed by atoms with van der Waals surface area (Å²) in [5.41, 5.74) is 9.07. The Labute approximate surface area is 194 Å². The van der Waals surface area contributed by atoms with E-state index < -0.39 is 11.8 Å². The van der Waals surface area contributed by atoms with E-state index in [4.69, 9.17) is 33.7 Å². The van der Waals surface area contributed by atoms with Crippen molar-refractivity contribution in [2.45, 2.75) is 19.8 Å². The molecule has 3 aromatic rings. The maximum absolute atomic E-state index is 13.3. The van der Waals surface area contributed by atoms with Crippen LogP contribution in [-0.2, 0) is 9.53 Å². The number of rotatable bonds is 3. The van der Waals surface area contributed by atoms with E-state index in [-0.39, 0.29) is 27.9 Å². The van der Waals surface area contributed by atoms with Crippen LogP contribution < -0.4 is 11.1 Å². The van der Waals surface area contributed by atoms with Gasteiger partial charge in [-0.05, 0) is 49.7 Å². The number of carbonyl (C=O) groups is 1. The van der Waals surface area contributed by atoms with Gasteiger partial charge in [0.15, 0.2) is 0 Å². The van der Waals surface area contributed by atoms with Crippen molar-refractivity contribution in [2.24, 2.45) is 5.73 Å². The lowest BCUT2D eigenvalue weighted by Gasteiger charge is -2.28. The average Bonchev–Trinajstić information content (AvgIpc) is 2.75. The fourth-order valence-electron chi connectivity index (χ4n) is 3.76. The number of anilines is 1. The van der Waals surface area contributed by atoms with Crippen molar-refractivity contribution in [1.82, 2.24) is 4.98 Å². The predicted molar refractivity (Wildman–Crippen MR) is 125 cm³/mol. The van der Waals surface area contributed by atoms with E-state index >= 15 is 0 Å². The summed E-state index contributed by atoms with van der Waals surface area (Å²) in [5, 5.41) is 14.2. The van der Waals surface area contributed by atoms with Crippen LogP contribution in [0.4, 0.5) is 5.69 Å². The SMILES string of the molecule is CC1=C(C(=O)Nc2ccc(Cl)cc2)C(c2cc3cccc(C)c3nc2Cl)C(C#N)=C(N)O1. The van der Waals surface area contributed by atoms with Gasteiger partial charge in [-0.2, -0.15) is 5.26 Å². The maximum Gasteiger partial charge on any atom is 0.255 e. The van der Waals surface area contributed by atoms with Crippen LogP contribution in [-0.4, -0.2) is 10.9 Å². The lowest BCUT2D eigenvalue weighted by Crippen LogP contribution is -2.28. The topological polar surface area (TPSA) is 101 Å². The smallest absolute Gasteiger partial charge is 0.255 e. The molecule has 1 amide bonds. The van der Waals surface area contributed by atoms with E-state index in [2.05, 4.69) is 16.4 Å². The van der Waals surface area contributed by atoms with Gasteiger partial charge in [0.2, 0.25) is 5.88 Å². The Kier molecular flexibility index (Phi) is 5.79. The fraction of sp³-hybridized carbons (Fsp3) is 0.125. The zero-order valence-electron chi connectivity index (χ0n) is 17.2. The first-order valence-electron chi connectivity index (χ1n) is 9.71. The van der Waals surface area contributed by atoms with Gasteiger partial charge in [0, 0.05) is 21.7 Å². The van der Waals surface area contributed by atoms with Crippen molar-refractivity contribution in [1.29, 1.82) is 5.26 Å². The van der Waals surface area contributed by atoms with Crippen molar-refractivity contribution in [3.63, 3.8) is 0 Å². The predicted octanol–water partition coefficient (Wildman–Crippen LogP) is 5.57. The minimum Gasteiger partial charge on any atom is -0.445 e. The highest BCUT2D eigenvalue weighted by molar-refractivity contribution is 6.31. The molecule has 2 heterocycles. The Hall–Kier alpha value is -3.53. The second-order valence-electron chi connectivity index (χ2n) is 7.37. The Balaban J connectivity index is 1.86. The number of carbonyl (C=O) groups excluding carboxylic acids is 1. The first-order valence-corrected chi connectivity index (χ1v) is 10.5. The standard InChI is InChI=1S/C24H18Cl2N4O2/c1-12-4-3-5-14-10-17(22(26)30-21(12)14)20-18(11-27)23(28)32-13(2)19(20)24(31)29-16-8-6-15(25)7-9-16/h3-10,20H,28H2,1-2H3,(H,29,31). The molecule has 0 saturated carbocycles. The number of nitrogens with two attached hydrogens (primary N) is 1. The largest absolute Gasteiger partial charge is 0.445 e. The highest BCUT2D eigenvalue weighted by atomic mass is 35.5. The summed E-state index contributed by atoms with van der Waals surface area (Å²) in [5.74, 6) is -1.08. The van der Waals surface area contributed by atoms with Crippen LogP contribution >= 0.6 is 23.2 Å². The number of fused-ring (bicyclic) bond motifs is 1. The Bertz CT molecular complexity index is 1350. The molecule has 0 spiro atoms. The highest BCUT2D eigenvalue weighted by Crippen LogP contribution is 2.42. The summed E-state index contributed by atoms with van der Waals surface area (Å²) in [6.45, 7) is 3.56. The number of aromatic nitrogens is 1. The van der Waals surface area contributed by atoms with Crippen LogP contribution in [0, 0.1) is 18.3 Å². The van der Waals surface area contributed by atoms with Gasteiger partial charge < -0.3 is 15.8 Å². The summed E-state index contributed by atoms with van der Waals surface area (Å²) in [6.07, 6.45) is 0. The Morgan fingerprint density at radius 3 is 2.59 bits per heavy atom. The number of pyridine rings is 1. The van der Waals surface area contributed by atoms with E-state index in [1.165, 1.54) is 0 Å². The molecular weight excluding hydrogens is 447 g/mol. The summed E-state index contributed by atoms with van der Waals surface area (Å²) in [7, 11) is 0. The molecule has 0 radical (unpaired) electrons. The first kappa shape index (κ1) is 21.7. The maximum atomic E-state index is 13.3. The Morgan fingerprint density at radius 2 is 1.91 bits per heavy atom. The van der Waals surface area contributed by atoms with Crippen molar-refractivity contribution < 1.29 is 9.53 Å². The molecular formula is C24H18Cl2N4O2. The van der Waals surface area contributed by atoms with Gasteiger partial charge in [-0.15, -0.1) is 0 Å². The van der Waals surface area contributed by atoms with E-state index in [1.54, 1.807) is 31.2 Å². The number of nitrogens with one attached hydrogen (secondary N) is 1. The first-order chi connectivity index (χ1) is 15.3. The van der Waals surface area contributed by atoms with Crippen LogP contribution in [0.25, 0.3) is 10.9 Å². The van der Waals surface area contributed by atoms with Gasteiger partial charge in [0.25, 0.3) is 5.91 Å². The lowest BCUT2D eigenvalue weighted by molar-refractivity contribution is -0.113. The molecule has 160 valence electrons. The quantitative estimate of drug-likeness (QED) is 0.493. The Morgan fingerprint density at radius 1 is 1.19 bits per heavy atom. The molecule has 3 N–H and O–H groups in total. The molecule has 8 heteroatoms. The minimum absolute atomic E-state index is 0.0709. The molecule has 1 aliphatic heterocycles. The molecule has 0 fully saturated rings. The lowest BCUT2D eigenvalue weighted by atomic mass is 9.82. The number of benzene rings is 2. The third-order valence-electron chi connectivity index (χ3n) is 5.29. The highest BCUT2D eigenvalue weighted by Gasteiger charge is 2.37. The molecule has 6 nitrogen and oxygen atoms in total. The minimum atomic E-state index is -0.842. The summed E-state index contributed by atoms with van der Waals surface area (Å²) in [4.78, 5) is 17.9. The van der Waals surface area contributed by atoms with Crippen molar-refractivity contribution in [3.8, 4) is 6.07 Å². The van der Waals surface area contributed by atoms with Gasteiger partial charge in [-0.1, -0.05) is 41.4 Å². The summed E-state index contributed by atoms with van der Waals surface area (Å²) in [6, 6.07) is 16.3. The number of allylic oxidation sites excluding steroid dienone is 2. The molecule has 2 aromatic carbocycles. The molecule has 1 aromatic heterocycles. The second kappa shape index (κ2) is 8.54. The van der Waals surface area contributed by atoms with Crippen molar-refractivity contribution in [3.05, 3.63) is 92.6 Å². The van der Waals surface area contributed by atoms with E-state index in [0.29, 0.717) is 16.3 Å². The number of nitriles is 1. The van der Waals surface area contributed by atoms with Crippen molar-refractivity contribution >= 4 is 45.7 Å². The average molecular weight is 465 g/mol. The van der Waals surface area contributed by atoms with Crippen LogP contribution in [0.1, 0.15) is 24.0 Å². The van der Waals surface area contributed by atoms with Gasteiger partial charge in [-0.3, -0.25) is 4.79 Å². The molecule has 0 bridgehead atoms. The third-order valence-corrected chi connectivity index (χ3v) is 5.85. The zero-order chi connectivity index (χ0) is 23.0. The number of aryl methyl sites for hydroxylation is 1. The molecule has 0 saturated heterocycles. The number of nitrogens with zero attached hydrogens (tertiary/aromatic N) is 2. The van der Waals surface area contributed by atoms with Crippen LogP contribution in [0.2, 0.25) is 10.2 Å². The molecule has 4 rings (SSSR count). The molecule has 1 unspecified atom stereocenters. The number of halogens is 2. The van der Waals surface area contributed by atoms with Crippen molar-refractivity contribution in [2.75, 3.05) is 5.32 Å². The number of hydrogen-bond donors (Lipinski definition) is 2. The number of amides is 1. The molecule has 1 aliphatic rings. The van der Waals surface area contributed by atoms with Gasteiger partial charge >= 0.3 is 0 Å². The number of hydrogen-bond acceptors (Lipinski definition) is 5. The van der Waals surface area contributed by atoms with Gasteiger partial charge in [0.05, 0.1) is 17.0 Å². The molecule has 0 aliphatic carbocycles. The van der Waals surface area contributed by atoms with Gasteiger partial charge in [-0.25, -0.2) is 4.98 Å². The van der Waals surface area contributed by atoms with Crippen LogP contribution in [0.15, 0.2) is 71.3 Å². The zero-order valence-corrected chi connectivity index (χ0v) is 18.8. The van der Waals surface area contributed by atoms with Crippen LogP contribution in [0.5, 0.6) is 0 Å². The monoisotopic (exact) mass is 464 g/mol. The normalized spacial score (nSPS) is 16.0. The summed E-state index contributed by atoms with van der Waals surface area (Å²) >= 11 is 12.5. The fourth-order valence-corrected chi connectivity index (χ4v) is 4.14. The van der Waals surface area contributed by atoms with E-state index in [9.17, 15) is 10.1 Å². The summed E-state index contributed by atoms with van der Waals surface area (Å²) < 4.78 is 5.55. The molecule has 32 heavy (non-hydrogen) atoms. The molecule has 1 atom stereocenters. The van der Waals surface area contributed by atoms with Crippen LogP contribution in [0.3, 0.4) is 0 Å². The number of ether oxygens (including phenoxy) is 1.